The highest BCUT2D eigenvalue weighted by atomic mass is 16.5. The zero-order valence-corrected chi connectivity index (χ0v) is 18.2. The number of ether oxygens (including phenoxy) is 2. The zero-order chi connectivity index (χ0) is 21.5. The van der Waals surface area contributed by atoms with Gasteiger partial charge in [-0.2, -0.15) is 10.1 Å². The Bertz CT molecular complexity index is 1110. The fourth-order valence-electron chi connectivity index (χ4n) is 3.58. The first-order valence-corrected chi connectivity index (χ1v) is 9.96. The topological polar surface area (TPSA) is 87.2 Å². The van der Waals surface area contributed by atoms with E-state index in [1.54, 1.807) is 14.2 Å². The van der Waals surface area contributed by atoms with Crippen molar-refractivity contribution in [3.8, 4) is 17.0 Å². The van der Waals surface area contributed by atoms with Crippen molar-refractivity contribution >= 4 is 11.3 Å². The van der Waals surface area contributed by atoms with Crippen molar-refractivity contribution in [3.63, 3.8) is 0 Å². The molecule has 0 bridgehead atoms. The largest absolute Gasteiger partial charge is 0.497 e. The van der Waals surface area contributed by atoms with Gasteiger partial charge in [0, 0.05) is 54.9 Å². The molecule has 1 aromatic carbocycles. The molecule has 0 aliphatic carbocycles. The van der Waals surface area contributed by atoms with Crippen LogP contribution in [0.25, 0.3) is 16.8 Å². The molecule has 30 heavy (non-hydrogen) atoms. The van der Waals surface area contributed by atoms with Crippen LogP contribution >= 0.6 is 0 Å². The summed E-state index contributed by atoms with van der Waals surface area (Å²) in [6.07, 6.45) is 3.44. The summed E-state index contributed by atoms with van der Waals surface area (Å²) in [5, 5.41) is 12.5. The molecule has 1 aliphatic heterocycles. The van der Waals surface area contributed by atoms with Crippen LogP contribution in [0.3, 0.4) is 0 Å². The fraction of sp³-hybridized carbons (Fsp3) is 0.409. The second-order valence-corrected chi connectivity index (χ2v) is 7.71. The predicted molar refractivity (Wildman–Crippen MR) is 114 cm³/mol. The number of aromatic nitrogens is 4. The summed E-state index contributed by atoms with van der Waals surface area (Å²) in [5.41, 5.74) is 5.32. The van der Waals surface area contributed by atoms with Crippen LogP contribution in [0.2, 0.25) is 0 Å². The van der Waals surface area contributed by atoms with Crippen molar-refractivity contribution in [3.05, 3.63) is 47.4 Å². The smallest absolute Gasteiger partial charge is 0.258 e. The summed E-state index contributed by atoms with van der Waals surface area (Å²) < 4.78 is 18.4. The van der Waals surface area contributed by atoms with E-state index in [0.29, 0.717) is 18.1 Å². The summed E-state index contributed by atoms with van der Waals surface area (Å²) in [5.74, 6) is 1.81. The molecule has 0 fully saturated rings. The van der Waals surface area contributed by atoms with E-state index in [1.807, 2.05) is 56.9 Å². The van der Waals surface area contributed by atoms with Gasteiger partial charge in [0.2, 0.25) is 0 Å². The van der Waals surface area contributed by atoms with E-state index in [2.05, 4.69) is 20.6 Å². The molecule has 0 amide bonds. The molecule has 1 aliphatic rings. The minimum atomic E-state index is -0.604. The highest BCUT2D eigenvalue weighted by molar-refractivity contribution is 5.84. The average Bonchev–Trinajstić information content (AvgIpc) is 3.36. The highest BCUT2D eigenvalue weighted by Gasteiger charge is 2.31. The van der Waals surface area contributed by atoms with Gasteiger partial charge in [0.15, 0.2) is 5.82 Å². The first-order chi connectivity index (χ1) is 14.4. The average molecular weight is 409 g/mol. The third kappa shape index (κ3) is 3.37. The minimum absolute atomic E-state index is 0.475. The zero-order valence-electron chi connectivity index (χ0n) is 18.2. The molecule has 8 heteroatoms. The van der Waals surface area contributed by atoms with Gasteiger partial charge in [0.05, 0.1) is 12.8 Å². The summed E-state index contributed by atoms with van der Waals surface area (Å²) in [4.78, 5) is 4.63. The molecular formula is C22H27N5O3. The van der Waals surface area contributed by atoms with E-state index in [0.717, 1.165) is 45.9 Å². The lowest BCUT2D eigenvalue weighted by Crippen LogP contribution is -2.23. The van der Waals surface area contributed by atoms with E-state index in [-0.39, 0.29) is 0 Å². The van der Waals surface area contributed by atoms with Crippen LogP contribution in [-0.2, 0) is 23.8 Å². The van der Waals surface area contributed by atoms with Gasteiger partial charge in [-0.3, -0.25) is 4.68 Å². The van der Waals surface area contributed by atoms with Crippen molar-refractivity contribution in [2.45, 2.75) is 39.2 Å². The van der Waals surface area contributed by atoms with Gasteiger partial charge >= 0.3 is 0 Å². The molecule has 4 rings (SSSR count). The summed E-state index contributed by atoms with van der Waals surface area (Å²) in [7, 11) is 5.25. The number of nitrogens with one attached hydrogen (secondary N) is 1. The molecule has 1 atom stereocenters. The van der Waals surface area contributed by atoms with E-state index >= 15 is 0 Å². The Morgan fingerprint density at radius 3 is 2.83 bits per heavy atom. The van der Waals surface area contributed by atoms with Crippen molar-refractivity contribution in [2.75, 3.05) is 19.5 Å². The standard InChI is InChI=1S/C22H27N5O3/c1-7-22(3,29-6)21-24-20(26-30-21)13(2)18-10-14-12-27(4)25-19(14)16-11-15(28-5)8-9-17(16)23-18/h8-9,11-12,23H,7,10H2,1-6H3/b18-13+. The van der Waals surface area contributed by atoms with Crippen LogP contribution in [0.5, 0.6) is 5.75 Å². The second-order valence-electron chi connectivity index (χ2n) is 7.71. The molecule has 0 spiro atoms. The third-order valence-electron chi connectivity index (χ3n) is 5.83. The quantitative estimate of drug-likeness (QED) is 0.677. The van der Waals surface area contributed by atoms with E-state index in [4.69, 9.17) is 14.0 Å². The van der Waals surface area contributed by atoms with Gasteiger partial charge in [0.25, 0.3) is 5.89 Å². The second kappa shape index (κ2) is 7.60. The van der Waals surface area contributed by atoms with Crippen LogP contribution in [0.1, 0.15) is 44.5 Å². The van der Waals surface area contributed by atoms with Gasteiger partial charge < -0.3 is 19.3 Å². The van der Waals surface area contributed by atoms with Gasteiger partial charge in [-0.15, -0.1) is 0 Å². The van der Waals surface area contributed by atoms with Crippen LogP contribution in [0.4, 0.5) is 5.69 Å². The maximum Gasteiger partial charge on any atom is 0.258 e. The lowest BCUT2D eigenvalue weighted by molar-refractivity contribution is -0.0272. The number of benzene rings is 1. The lowest BCUT2D eigenvalue weighted by atomic mass is 10.0. The molecule has 0 radical (unpaired) electrons. The molecule has 3 aromatic rings. The summed E-state index contributed by atoms with van der Waals surface area (Å²) in [6, 6.07) is 5.95. The number of nitrogens with zero attached hydrogens (tertiary/aromatic N) is 4. The predicted octanol–water partition coefficient (Wildman–Crippen LogP) is 4.15. The maximum absolute atomic E-state index is 5.60. The van der Waals surface area contributed by atoms with E-state index in [9.17, 15) is 0 Å². The Labute approximate surface area is 175 Å². The number of hydrogen-bond donors (Lipinski definition) is 1. The maximum atomic E-state index is 5.60. The summed E-state index contributed by atoms with van der Waals surface area (Å²) >= 11 is 0. The van der Waals surface area contributed by atoms with Crippen molar-refractivity contribution in [2.24, 2.45) is 7.05 Å². The molecule has 158 valence electrons. The first kappa shape index (κ1) is 20.2. The van der Waals surface area contributed by atoms with Gasteiger partial charge in [-0.1, -0.05) is 12.1 Å². The SMILES string of the molecule is CCC(C)(OC)c1nc(/C(C)=C2\Cc3cn(C)nc3-c3cc(OC)ccc3N2)no1. The number of aryl methyl sites for hydroxylation is 1. The number of anilines is 1. The van der Waals surface area contributed by atoms with Crippen molar-refractivity contribution in [1.82, 2.24) is 19.9 Å². The number of allylic oxidation sites excluding steroid dienone is 2. The van der Waals surface area contributed by atoms with Gasteiger partial charge in [0.1, 0.15) is 11.4 Å². The monoisotopic (exact) mass is 409 g/mol. The summed E-state index contributed by atoms with van der Waals surface area (Å²) in [6.45, 7) is 5.97. The number of fused-ring (bicyclic) bond motifs is 3. The van der Waals surface area contributed by atoms with E-state index in [1.165, 1.54) is 0 Å². The molecule has 1 N–H and O–H groups in total. The Hall–Kier alpha value is -3.13. The van der Waals surface area contributed by atoms with Crippen molar-refractivity contribution in [1.29, 1.82) is 0 Å². The highest BCUT2D eigenvalue weighted by Crippen LogP contribution is 2.38. The van der Waals surface area contributed by atoms with Gasteiger partial charge in [-0.25, -0.2) is 0 Å². The molecule has 1 unspecified atom stereocenters. The molecule has 3 heterocycles. The fourth-order valence-corrected chi connectivity index (χ4v) is 3.58. The van der Waals surface area contributed by atoms with E-state index < -0.39 is 5.60 Å². The first-order valence-electron chi connectivity index (χ1n) is 9.96. The number of methoxy groups -OCH3 is 2. The minimum Gasteiger partial charge on any atom is -0.497 e. The van der Waals surface area contributed by atoms with Crippen LogP contribution in [0.15, 0.2) is 34.6 Å². The Kier molecular flexibility index (Phi) is 5.11. The lowest BCUT2D eigenvalue weighted by Gasteiger charge is -2.21. The molecule has 0 saturated heterocycles. The number of hydrogen-bond acceptors (Lipinski definition) is 7. The molecule has 0 saturated carbocycles. The van der Waals surface area contributed by atoms with Crippen LogP contribution in [0, 0.1) is 0 Å². The third-order valence-corrected chi connectivity index (χ3v) is 5.83. The number of rotatable bonds is 5. The molecule has 2 aromatic heterocycles. The van der Waals surface area contributed by atoms with Gasteiger partial charge in [-0.05, 0) is 38.5 Å². The Morgan fingerprint density at radius 1 is 1.33 bits per heavy atom. The normalized spacial score (nSPS) is 16.7. The van der Waals surface area contributed by atoms with Crippen LogP contribution < -0.4 is 10.1 Å². The molecule has 8 nitrogen and oxygen atoms in total. The molecular weight excluding hydrogens is 382 g/mol. The Morgan fingerprint density at radius 2 is 2.13 bits per heavy atom. The Balaban J connectivity index is 1.80. The van der Waals surface area contributed by atoms with Crippen LogP contribution in [-0.4, -0.2) is 34.1 Å². The van der Waals surface area contributed by atoms with Crippen molar-refractivity contribution < 1.29 is 14.0 Å².